The summed E-state index contributed by atoms with van der Waals surface area (Å²) in [6.07, 6.45) is -0.106. The number of oxime groups is 1. The molecular weight excluding hydrogens is 260 g/mol. The molecule has 2 N–H and O–H groups in total. The van der Waals surface area contributed by atoms with Gasteiger partial charge in [0.05, 0.1) is 5.71 Å². The summed E-state index contributed by atoms with van der Waals surface area (Å²) in [5.41, 5.74) is 1.59. The lowest BCUT2D eigenvalue weighted by Crippen LogP contribution is -2.45. The van der Waals surface area contributed by atoms with E-state index in [4.69, 9.17) is 9.94 Å². The first-order chi connectivity index (χ1) is 9.61. The highest BCUT2D eigenvalue weighted by molar-refractivity contribution is 6.04. The molecule has 1 aliphatic heterocycles. The molecule has 20 heavy (non-hydrogen) atoms. The van der Waals surface area contributed by atoms with E-state index in [1.54, 1.807) is 6.92 Å². The Morgan fingerprint density at radius 2 is 2.15 bits per heavy atom. The van der Waals surface area contributed by atoms with Crippen molar-refractivity contribution in [2.75, 3.05) is 0 Å². The van der Waals surface area contributed by atoms with Gasteiger partial charge in [-0.15, -0.1) is 0 Å². The van der Waals surface area contributed by atoms with Crippen LogP contribution in [0.5, 0.6) is 0 Å². The maximum Gasteiger partial charge on any atom is 0.326 e. The minimum atomic E-state index is -1.05. The van der Waals surface area contributed by atoms with E-state index in [0.717, 1.165) is 5.56 Å². The van der Waals surface area contributed by atoms with Gasteiger partial charge >= 0.3 is 5.97 Å². The zero-order valence-corrected chi connectivity index (χ0v) is 11.1. The van der Waals surface area contributed by atoms with Gasteiger partial charge in [0.15, 0.2) is 0 Å². The van der Waals surface area contributed by atoms with Crippen LogP contribution in [0, 0.1) is 0 Å². The largest absolute Gasteiger partial charge is 0.480 e. The summed E-state index contributed by atoms with van der Waals surface area (Å²) >= 11 is 0. The molecule has 106 valence electrons. The average Bonchev–Trinajstić information content (AvgIpc) is 2.95. The van der Waals surface area contributed by atoms with Crippen LogP contribution in [0.3, 0.4) is 0 Å². The molecule has 1 heterocycles. The van der Waals surface area contributed by atoms with E-state index in [-0.39, 0.29) is 0 Å². The highest BCUT2D eigenvalue weighted by Crippen LogP contribution is 2.16. The molecule has 1 amide bonds. The van der Waals surface area contributed by atoms with Crippen molar-refractivity contribution in [1.29, 1.82) is 0 Å². The van der Waals surface area contributed by atoms with Crippen molar-refractivity contribution in [2.45, 2.75) is 31.9 Å². The Morgan fingerprint density at radius 1 is 1.45 bits per heavy atom. The van der Waals surface area contributed by atoms with Crippen LogP contribution in [0.25, 0.3) is 0 Å². The van der Waals surface area contributed by atoms with Crippen LogP contribution in [-0.2, 0) is 14.4 Å². The maximum atomic E-state index is 11.9. The number of aliphatic carboxylic acids is 1. The zero-order valence-electron chi connectivity index (χ0n) is 11.1. The van der Waals surface area contributed by atoms with Gasteiger partial charge < -0.3 is 15.3 Å². The number of nitrogens with zero attached hydrogens (tertiary/aromatic N) is 1. The predicted octanol–water partition coefficient (Wildman–Crippen LogP) is 1.16. The van der Waals surface area contributed by atoms with Gasteiger partial charge in [0, 0.05) is 6.42 Å². The third-order valence-corrected chi connectivity index (χ3v) is 3.09. The molecule has 6 nitrogen and oxygen atoms in total. The number of nitrogens with one attached hydrogen (secondary N) is 1. The van der Waals surface area contributed by atoms with Crippen molar-refractivity contribution in [2.24, 2.45) is 5.16 Å². The summed E-state index contributed by atoms with van der Waals surface area (Å²) in [6.45, 7) is 1.69. The normalized spacial score (nSPS) is 18.9. The number of carboxylic acid groups (broad SMARTS) is 1. The molecule has 2 unspecified atom stereocenters. The quantitative estimate of drug-likeness (QED) is 0.844. The van der Waals surface area contributed by atoms with Crippen LogP contribution >= 0.6 is 0 Å². The monoisotopic (exact) mass is 276 g/mol. The van der Waals surface area contributed by atoms with Gasteiger partial charge in [-0.05, 0) is 12.0 Å². The van der Waals surface area contributed by atoms with Crippen molar-refractivity contribution >= 4 is 17.6 Å². The van der Waals surface area contributed by atoms with Gasteiger partial charge in [0.25, 0.3) is 5.91 Å². The van der Waals surface area contributed by atoms with Gasteiger partial charge in [-0.25, -0.2) is 4.79 Å². The predicted molar refractivity (Wildman–Crippen MR) is 72.3 cm³/mol. The second-order valence-electron chi connectivity index (χ2n) is 4.51. The van der Waals surface area contributed by atoms with E-state index in [9.17, 15) is 9.59 Å². The summed E-state index contributed by atoms with van der Waals surface area (Å²) in [5, 5.41) is 15.2. The molecule has 0 aromatic heterocycles. The Bertz CT molecular complexity index is 527. The molecule has 0 fully saturated rings. The van der Waals surface area contributed by atoms with Gasteiger partial charge in [-0.1, -0.05) is 42.4 Å². The van der Waals surface area contributed by atoms with Crippen molar-refractivity contribution in [3.05, 3.63) is 35.9 Å². The number of rotatable bonds is 5. The van der Waals surface area contributed by atoms with E-state index in [1.807, 2.05) is 30.3 Å². The van der Waals surface area contributed by atoms with Crippen LogP contribution < -0.4 is 5.32 Å². The molecule has 0 aliphatic carbocycles. The molecular formula is C14H16N2O4. The Morgan fingerprint density at radius 3 is 2.75 bits per heavy atom. The molecule has 1 aromatic carbocycles. The summed E-state index contributed by atoms with van der Waals surface area (Å²) in [7, 11) is 0. The van der Waals surface area contributed by atoms with Crippen molar-refractivity contribution < 1.29 is 19.5 Å². The van der Waals surface area contributed by atoms with Crippen LogP contribution in [0.2, 0.25) is 0 Å². The fourth-order valence-corrected chi connectivity index (χ4v) is 1.92. The summed E-state index contributed by atoms with van der Waals surface area (Å²) in [6, 6.07) is 8.52. The lowest BCUT2D eigenvalue weighted by atomic mass is 10.0. The number of carboxylic acids is 1. The van der Waals surface area contributed by atoms with Crippen LogP contribution in [-0.4, -0.2) is 34.8 Å². The lowest BCUT2D eigenvalue weighted by Gasteiger charge is -2.14. The van der Waals surface area contributed by atoms with Crippen LogP contribution in [0.15, 0.2) is 35.5 Å². The number of carbonyl (C=O) groups is 2. The SMILES string of the molecule is CCC(NC(=O)C1CC(c2ccccc2)=NO1)C(=O)O. The van der Waals surface area contributed by atoms with Crippen molar-refractivity contribution in [3.8, 4) is 0 Å². The van der Waals surface area contributed by atoms with E-state index in [1.165, 1.54) is 0 Å². The molecule has 2 atom stereocenters. The smallest absolute Gasteiger partial charge is 0.326 e. The minimum absolute atomic E-state index is 0.320. The third-order valence-electron chi connectivity index (χ3n) is 3.09. The number of amides is 1. The van der Waals surface area contributed by atoms with Crippen molar-refractivity contribution in [1.82, 2.24) is 5.32 Å². The van der Waals surface area contributed by atoms with Gasteiger partial charge in [-0.2, -0.15) is 0 Å². The Labute approximate surface area is 116 Å². The number of hydrogen-bond acceptors (Lipinski definition) is 4. The van der Waals surface area contributed by atoms with E-state index in [0.29, 0.717) is 18.6 Å². The maximum absolute atomic E-state index is 11.9. The van der Waals surface area contributed by atoms with Gasteiger partial charge in [0.1, 0.15) is 6.04 Å². The molecule has 0 spiro atoms. The minimum Gasteiger partial charge on any atom is -0.480 e. The molecule has 0 saturated carbocycles. The Balaban J connectivity index is 1.94. The first kappa shape index (κ1) is 14.0. The van der Waals surface area contributed by atoms with Crippen molar-refractivity contribution in [3.63, 3.8) is 0 Å². The highest BCUT2D eigenvalue weighted by atomic mass is 16.6. The second-order valence-corrected chi connectivity index (χ2v) is 4.51. The van der Waals surface area contributed by atoms with E-state index < -0.39 is 24.0 Å². The standard InChI is InChI=1S/C14H16N2O4/c1-2-10(14(18)19)15-13(17)12-8-11(16-20-12)9-6-4-3-5-7-9/h3-7,10,12H,2,8H2,1H3,(H,15,17)(H,18,19). The molecule has 0 saturated heterocycles. The number of hydrogen-bond donors (Lipinski definition) is 2. The molecule has 2 rings (SSSR count). The Kier molecular flexibility index (Phi) is 4.34. The number of carbonyl (C=O) groups excluding carboxylic acids is 1. The fraction of sp³-hybridized carbons (Fsp3) is 0.357. The molecule has 0 radical (unpaired) electrons. The topological polar surface area (TPSA) is 88.0 Å². The summed E-state index contributed by atoms with van der Waals surface area (Å²) in [4.78, 5) is 27.9. The average molecular weight is 276 g/mol. The molecule has 1 aromatic rings. The molecule has 6 heteroatoms. The first-order valence-electron chi connectivity index (χ1n) is 6.43. The van der Waals surface area contributed by atoms with Crippen LogP contribution in [0.1, 0.15) is 25.3 Å². The Hall–Kier alpha value is -2.37. The van der Waals surface area contributed by atoms with E-state index in [2.05, 4.69) is 10.5 Å². The van der Waals surface area contributed by atoms with Gasteiger partial charge in [0.2, 0.25) is 6.10 Å². The van der Waals surface area contributed by atoms with Crippen LogP contribution in [0.4, 0.5) is 0 Å². The zero-order chi connectivity index (χ0) is 14.5. The fourth-order valence-electron chi connectivity index (χ4n) is 1.92. The first-order valence-corrected chi connectivity index (χ1v) is 6.43. The van der Waals surface area contributed by atoms with Gasteiger partial charge in [-0.3, -0.25) is 4.79 Å². The second kappa shape index (κ2) is 6.18. The lowest BCUT2D eigenvalue weighted by molar-refractivity contribution is -0.144. The molecule has 0 bridgehead atoms. The third kappa shape index (κ3) is 3.14. The van der Waals surface area contributed by atoms with E-state index >= 15 is 0 Å². The number of benzene rings is 1. The summed E-state index contributed by atoms with van der Waals surface area (Å²) < 4.78 is 0. The highest BCUT2D eigenvalue weighted by Gasteiger charge is 2.31. The molecule has 1 aliphatic rings. The summed E-state index contributed by atoms with van der Waals surface area (Å²) in [5.74, 6) is -1.50.